The summed E-state index contributed by atoms with van der Waals surface area (Å²) in [6.45, 7) is 2.11. The van der Waals surface area contributed by atoms with E-state index >= 15 is 0 Å². The Morgan fingerprint density at radius 2 is 2.29 bits per heavy atom. The molecule has 1 aromatic carbocycles. The van der Waals surface area contributed by atoms with Crippen molar-refractivity contribution < 1.29 is 14.3 Å². The number of aliphatic carboxylic acids is 1. The summed E-state index contributed by atoms with van der Waals surface area (Å²) in [4.78, 5) is 10.4. The van der Waals surface area contributed by atoms with Gasteiger partial charge in [-0.3, -0.25) is 0 Å². The Morgan fingerprint density at radius 3 is 2.94 bits per heavy atom. The summed E-state index contributed by atoms with van der Waals surface area (Å²) >= 11 is 1.78. The fraction of sp³-hybridized carbons (Fsp3) is 0.308. The lowest BCUT2D eigenvalue weighted by atomic mass is 10.1. The molecule has 0 aromatic heterocycles. The van der Waals surface area contributed by atoms with E-state index in [1.165, 1.54) is 12.1 Å². The summed E-state index contributed by atoms with van der Waals surface area (Å²) < 4.78 is 13.4. The van der Waals surface area contributed by atoms with Gasteiger partial charge in [0.1, 0.15) is 5.82 Å². The Labute approximate surface area is 105 Å². The van der Waals surface area contributed by atoms with Crippen molar-refractivity contribution in [3.63, 3.8) is 0 Å². The van der Waals surface area contributed by atoms with Gasteiger partial charge in [-0.25, -0.2) is 9.18 Å². The van der Waals surface area contributed by atoms with E-state index in [1.807, 2.05) is 0 Å². The lowest BCUT2D eigenvalue weighted by Crippen LogP contribution is -1.90. The number of carbonyl (C=O) groups is 1. The Kier molecular flexibility index (Phi) is 5.77. The van der Waals surface area contributed by atoms with Crippen LogP contribution in [0, 0.1) is 5.82 Å². The van der Waals surface area contributed by atoms with Crippen LogP contribution < -0.4 is 0 Å². The predicted molar refractivity (Wildman–Crippen MR) is 69.5 cm³/mol. The van der Waals surface area contributed by atoms with Crippen LogP contribution in [-0.4, -0.2) is 16.8 Å². The zero-order chi connectivity index (χ0) is 12.7. The number of carboxylic acids is 1. The molecule has 0 spiro atoms. The normalized spacial score (nSPS) is 10.9. The van der Waals surface area contributed by atoms with E-state index in [2.05, 4.69) is 6.92 Å². The van der Waals surface area contributed by atoms with Gasteiger partial charge in [0, 0.05) is 17.4 Å². The van der Waals surface area contributed by atoms with E-state index in [-0.39, 0.29) is 0 Å². The molecule has 0 saturated carbocycles. The van der Waals surface area contributed by atoms with Crippen LogP contribution in [0.2, 0.25) is 0 Å². The highest BCUT2D eigenvalue weighted by Gasteiger charge is 2.01. The molecular formula is C13H15FO2S. The highest BCUT2D eigenvalue weighted by molar-refractivity contribution is 7.98. The van der Waals surface area contributed by atoms with Crippen molar-refractivity contribution in [2.45, 2.75) is 19.1 Å². The summed E-state index contributed by atoms with van der Waals surface area (Å²) in [5.41, 5.74) is 1.33. The summed E-state index contributed by atoms with van der Waals surface area (Å²) in [7, 11) is 0. The number of carboxylic acid groups (broad SMARTS) is 1. The van der Waals surface area contributed by atoms with Gasteiger partial charge < -0.3 is 5.11 Å². The molecule has 0 aliphatic rings. The van der Waals surface area contributed by atoms with Crippen LogP contribution in [0.3, 0.4) is 0 Å². The number of hydrogen-bond acceptors (Lipinski definition) is 2. The molecule has 0 bridgehead atoms. The zero-order valence-corrected chi connectivity index (χ0v) is 10.5. The average molecular weight is 254 g/mol. The summed E-state index contributed by atoms with van der Waals surface area (Å²) in [5, 5.41) is 8.49. The third-order valence-corrected chi connectivity index (χ3v) is 3.32. The van der Waals surface area contributed by atoms with Crippen molar-refractivity contribution in [2.75, 3.05) is 5.75 Å². The van der Waals surface area contributed by atoms with Gasteiger partial charge in [-0.15, -0.1) is 0 Å². The molecule has 0 amide bonds. The van der Waals surface area contributed by atoms with Crippen molar-refractivity contribution in [2.24, 2.45) is 0 Å². The molecule has 92 valence electrons. The third kappa shape index (κ3) is 5.04. The first-order valence-electron chi connectivity index (χ1n) is 5.40. The van der Waals surface area contributed by atoms with Gasteiger partial charge in [0.25, 0.3) is 0 Å². The maximum Gasteiger partial charge on any atom is 0.328 e. The zero-order valence-electron chi connectivity index (χ0n) is 9.65. The van der Waals surface area contributed by atoms with E-state index in [0.717, 1.165) is 29.6 Å². The number of hydrogen-bond donors (Lipinski definition) is 1. The Balaban J connectivity index is 2.75. The monoisotopic (exact) mass is 254 g/mol. The van der Waals surface area contributed by atoms with Gasteiger partial charge in [0.15, 0.2) is 0 Å². The minimum absolute atomic E-state index is 0.321. The quantitative estimate of drug-likeness (QED) is 0.623. The van der Waals surface area contributed by atoms with E-state index in [9.17, 15) is 9.18 Å². The summed E-state index contributed by atoms with van der Waals surface area (Å²) in [6, 6.07) is 4.80. The minimum atomic E-state index is -1.07. The molecule has 0 aliphatic carbocycles. The first kappa shape index (κ1) is 13.8. The molecule has 1 rings (SSSR count). The van der Waals surface area contributed by atoms with Crippen LogP contribution in [0.25, 0.3) is 6.08 Å². The molecule has 1 aromatic rings. The van der Waals surface area contributed by atoms with E-state index in [4.69, 9.17) is 5.11 Å². The lowest BCUT2D eigenvalue weighted by Gasteiger charge is -2.03. The number of halogens is 1. The van der Waals surface area contributed by atoms with Crippen LogP contribution in [0.5, 0.6) is 0 Å². The molecule has 0 unspecified atom stereocenters. The van der Waals surface area contributed by atoms with Gasteiger partial charge in [-0.05, 0) is 35.9 Å². The molecule has 0 heterocycles. The smallest absolute Gasteiger partial charge is 0.328 e. The van der Waals surface area contributed by atoms with Crippen LogP contribution in [-0.2, 0) is 10.5 Å². The van der Waals surface area contributed by atoms with E-state index < -0.39 is 11.8 Å². The molecular weight excluding hydrogens is 239 g/mol. The van der Waals surface area contributed by atoms with Crippen LogP contribution in [0.1, 0.15) is 24.5 Å². The predicted octanol–water partition coefficient (Wildman–Crippen LogP) is 3.57. The molecule has 17 heavy (non-hydrogen) atoms. The standard InChI is InChI=1S/C13H15FO2S/c1-2-7-17-9-10-3-5-12(14)11(8-10)4-6-13(15)16/h3-6,8H,2,7,9H2,1H3,(H,15,16)/b6-4+. The van der Waals surface area contributed by atoms with Crippen molar-refractivity contribution in [1.29, 1.82) is 0 Å². The first-order chi connectivity index (χ1) is 8.13. The maximum absolute atomic E-state index is 13.4. The highest BCUT2D eigenvalue weighted by Crippen LogP contribution is 2.17. The second-order valence-corrected chi connectivity index (χ2v) is 4.69. The molecule has 4 heteroatoms. The largest absolute Gasteiger partial charge is 0.478 e. The molecule has 1 N–H and O–H groups in total. The van der Waals surface area contributed by atoms with Gasteiger partial charge in [0.2, 0.25) is 0 Å². The molecule has 0 atom stereocenters. The summed E-state index contributed by atoms with van der Waals surface area (Å²) in [5.74, 6) is 0.418. The minimum Gasteiger partial charge on any atom is -0.478 e. The van der Waals surface area contributed by atoms with Gasteiger partial charge in [-0.1, -0.05) is 13.0 Å². The second kappa shape index (κ2) is 7.12. The summed E-state index contributed by atoms with van der Waals surface area (Å²) in [6.07, 6.45) is 3.34. The van der Waals surface area contributed by atoms with Crippen molar-refractivity contribution in [3.8, 4) is 0 Å². The van der Waals surface area contributed by atoms with E-state index in [1.54, 1.807) is 23.9 Å². The molecule has 0 aliphatic heterocycles. The van der Waals surface area contributed by atoms with Crippen molar-refractivity contribution in [3.05, 3.63) is 41.2 Å². The Hall–Kier alpha value is -1.29. The average Bonchev–Trinajstić information content (AvgIpc) is 2.29. The van der Waals surface area contributed by atoms with Crippen LogP contribution in [0.4, 0.5) is 4.39 Å². The Bertz CT molecular complexity index is 416. The fourth-order valence-electron chi connectivity index (χ4n) is 1.31. The van der Waals surface area contributed by atoms with Gasteiger partial charge >= 0.3 is 5.97 Å². The molecule has 2 nitrogen and oxygen atoms in total. The van der Waals surface area contributed by atoms with Crippen molar-refractivity contribution in [1.82, 2.24) is 0 Å². The number of rotatable bonds is 6. The third-order valence-electron chi connectivity index (χ3n) is 2.08. The van der Waals surface area contributed by atoms with Crippen molar-refractivity contribution >= 4 is 23.8 Å². The molecule has 0 radical (unpaired) electrons. The molecule has 0 saturated heterocycles. The van der Waals surface area contributed by atoms with Crippen LogP contribution in [0.15, 0.2) is 24.3 Å². The topological polar surface area (TPSA) is 37.3 Å². The second-order valence-electron chi connectivity index (χ2n) is 3.58. The highest BCUT2D eigenvalue weighted by atomic mass is 32.2. The Morgan fingerprint density at radius 1 is 1.53 bits per heavy atom. The SMILES string of the molecule is CCCSCc1ccc(F)c(/C=C/C(=O)O)c1. The van der Waals surface area contributed by atoms with E-state index in [0.29, 0.717) is 5.56 Å². The van der Waals surface area contributed by atoms with Gasteiger partial charge in [-0.2, -0.15) is 11.8 Å². The fourth-order valence-corrected chi connectivity index (χ4v) is 2.15. The first-order valence-corrected chi connectivity index (χ1v) is 6.56. The van der Waals surface area contributed by atoms with Crippen LogP contribution >= 0.6 is 11.8 Å². The number of thioether (sulfide) groups is 1. The maximum atomic E-state index is 13.4. The molecule has 0 fully saturated rings. The lowest BCUT2D eigenvalue weighted by molar-refractivity contribution is -0.131. The number of benzene rings is 1. The van der Waals surface area contributed by atoms with Gasteiger partial charge in [0.05, 0.1) is 0 Å².